The number of morpholine rings is 1. The number of halogens is 2. The molecule has 2 fully saturated rings. The first-order valence-electron chi connectivity index (χ1n) is 8.21. The Morgan fingerprint density at radius 2 is 1.56 bits per heavy atom. The lowest BCUT2D eigenvalue weighted by molar-refractivity contribution is -0.140. The number of carbonyl (C=O) groups excluding carboxylic acids is 1. The number of hydrogen-bond donors (Lipinski definition) is 0. The molecule has 0 radical (unpaired) electrons. The third-order valence-corrected chi connectivity index (χ3v) is 6.91. The molecule has 2 aliphatic heterocycles. The van der Waals surface area contributed by atoms with Gasteiger partial charge in [-0.2, -0.15) is 4.31 Å². The number of amides is 1. The predicted molar refractivity (Wildman–Crippen MR) is 95.3 cm³/mol. The summed E-state index contributed by atoms with van der Waals surface area (Å²) >= 11 is 11.8. The summed E-state index contributed by atoms with van der Waals surface area (Å²) in [6.07, 6.45) is 1.04. The molecule has 3 rings (SSSR count). The van der Waals surface area contributed by atoms with Gasteiger partial charge in [0.1, 0.15) is 0 Å². The number of nitrogens with zero attached hydrogens (tertiary/aromatic N) is 2. The molecule has 0 N–H and O–H groups in total. The first kappa shape index (κ1) is 18.9. The minimum Gasteiger partial charge on any atom is -0.378 e. The molecule has 0 spiro atoms. The van der Waals surface area contributed by atoms with Crippen LogP contribution in [0.4, 0.5) is 0 Å². The Balaban J connectivity index is 1.65. The summed E-state index contributed by atoms with van der Waals surface area (Å²) in [6, 6.07) is 4.29. The Morgan fingerprint density at radius 3 is 2.12 bits per heavy atom. The Hall–Kier alpha value is -0.860. The van der Waals surface area contributed by atoms with Crippen LogP contribution in [0.1, 0.15) is 12.8 Å². The molecule has 138 valence electrons. The number of ether oxygens (including phenoxy) is 1. The number of rotatable bonds is 3. The van der Waals surface area contributed by atoms with E-state index in [1.807, 2.05) is 4.90 Å². The maximum absolute atomic E-state index is 12.8. The first-order valence-corrected chi connectivity index (χ1v) is 10.4. The van der Waals surface area contributed by atoms with Gasteiger partial charge in [0, 0.05) is 42.1 Å². The molecule has 25 heavy (non-hydrogen) atoms. The van der Waals surface area contributed by atoms with E-state index in [1.54, 1.807) is 0 Å². The quantitative estimate of drug-likeness (QED) is 0.771. The summed E-state index contributed by atoms with van der Waals surface area (Å²) in [6.45, 7) is 2.97. The Kier molecular flexibility index (Phi) is 5.90. The predicted octanol–water partition coefficient (Wildman–Crippen LogP) is 2.25. The number of carbonyl (C=O) groups is 1. The lowest BCUT2D eigenvalue weighted by atomic mass is 9.96. The van der Waals surface area contributed by atoms with Gasteiger partial charge in [0.2, 0.25) is 15.9 Å². The van der Waals surface area contributed by atoms with Crippen LogP contribution in [0.3, 0.4) is 0 Å². The second-order valence-electron chi connectivity index (χ2n) is 6.22. The maximum atomic E-state index is 12.8. The maximum Gasteiger partial charge on any atom is 0.243 e. The molecule has 6 nitrogen and oxygen atoms in total. The van der Waals surface area contributed by atoms with E-state index in [4.69, 9.17) is 27.9 Å². The van der Waals surface area contributed by atoms with Crippen molar-refractivity contribution in [2.45, 2.75) is 17.7 Å². The second-order valence-corrected chi connectivity index (χ2v) is 9.03. The normalized spacial score (nSPS) is 20.6. The van der Waals surface area contributed by atoms with Crippen molar-refractivity contribution in [3.63, 3.8) is 0 Å². The second kappa shape index (κ2) is 7.80. The third kappa shape index (κ3) is 4.28. The fourth-order valence-corrected chi connectivity index (χ4v) is 5.41. The van der Waals surface area contributed by atoms with Gasteiger partial charge in [0.15, 0.2) is 0 Å². The van der Waals surface area contributed by atoms with Gasteiger partial charge in [0.25, 0.3) is 0 Å². The molecule has 0 saturated carbocycles. The van der Waals surface area contributed by atoms with Crippen molar-refractivity contribution in [3.05, 3.63) is 28.2 Å². The molecule has 0 aromatic heterocycles. The monoisotopic (exact) mass is 406 g/mol. The zero-order valence-electron chi connectivity index (χ0n) is 13.7. The highest BCUT2D eigenvalue weighted by Gasteiger charge is 2.34. The van der Waals surface area contributed by atoms with Crippen LogP contribution in [-0.4, -0.2) is 62.9 Å². The number of hydrogen-bond acceptors (Lipinski definition) is 4. The average molecular weight is 407 g/mol. The smallest absolute Gasteiger partial charge is 0.243 e. The minimum atomic E-state index is -3.66. The van der Waals surface area contributed by atoms with Crippen LogP contribution in [0.15, 0.2) is 23.1 Å². The SMILES string of the molecule is O=C(C1CCN(S(=O)(=O)c2cc(Cl)cc(Cl)c2)CC1)N1CCOCC1. The molecular weight excluding hydrogens is 387 g/mol. The highest BCUT2D eigenvalue weighted by atomic mass is 35.5. The molecule has 2 aliphatic rings. The zero-order chi connectivity index (χ0) is 18.0. The van der Waals surface area contributed by atoms with Gasteiger partial charge in [-0.15, -0.1) is 0 Å². The van der Waals surface area contributed by atoms with Crippen LogP contribution < -0.4 is 0 Å². The minimum absolute atomic E-state index is 0.0861. The first-order chi connectivity index (χ1) is 11.9. The molecular formula is C16H20Cl2N2O4S. The lowest BCUT2D eigenvalue weighted by Gasteiger charge is -2.35. The van der Waals surface area contributed by atoms with Crippen LogP contribution in [0.2, 0.25) is 10.0 Å². The van der Waals surface area contributed by atoms with E-state index in [9.17, 15) is 13.2 Å². The Labute approximate surface area is 157 Å². The molecule has 2 heterocycles. The van der Waals surface area contributed by atoms with Crippen LogP contribution in [-0.2, 0) is 19.6 Å². The standard InChI is InChI=1S/C16H20Cl2N2O4S/c17-13-9-14(18)11-15(10-13)25(22,23)20-3-1-12(2-4-20)16(21)19-5-7-24-8-6-19/h9-12H,1-8H2. The molecule has 0 unspecified atom stereocenters. The molecule has 9 heteroatoms. The van der Waals surface area contributed by atoms with Crippen molar-refractivity contribution in [3.8, 4) is 0 Å². The Morgan fingerprint density at radius 1 is 1.00 bits per heavy atom. The van der Waals surface area contributed by atoms with E-state index < -0.39 is 10.0 Å². The summed E-state index contributed by atoms with van der Waals surface area (Å²) in [7, 11) is -3.66. The van der Waals surface area contributed by atoms with Crippen molar-refractivity contribution in [1.82, 2.24) is 9.21 Å². The highest BCUT2D eigenvalue weighted by molar-refractivity contribution is 7.89. The van der Waals surface area contributed by atoms with Crippen molar-refractivity contribution in [2.75, 3.05) is 39.4 Å². The Bertz CT molecular complexity index is 722. The van der Waals surface area contributed by atoms with Crippen molar-refractivity contribution in [2.24, 2.45) is 5.92 Å². The average Bonchev–Trinajstić information content (AvgIpc) is 2.61. The van der Waals surface area contributed by atoms with E-state index in [1.165, 1.54) is 22.5 Å². The molecule has 1 aromatic carbocycles. The molecule has 0 aliphatic carbocycles. The van der Waals surface area contributed by atoms with Crippen molar-refractivity contribution < 1.29 is 17.9 Å². The van der Waals surface area contributed by atoms with Crippen LogP contribution in [0.25, 0.3) is 0 Å². The van der Waals surface area contributed by atoms with Crippen LogP contribution >= 0.6 is 23.2 Å². The largest absolute Gasteiger partial charge is 0.378 e. The summed E-state index contributed by atoms with van der Waals surface area (Å²) in [4.78, 5) is 14.4. The van der Waals surface area contributed by atoms with Crippen molar-refractivity contribution >= 4 is 39.1 Å². The summed E-state index contributed by atoms with van der Waals surface area (Å²) in [5, 5.41) is 0.562. The summed E-state index contributed by atoms with van der Waals surface area (Å²) in [5.74, 6) is -0.0290. The molecule has 1 amide bonds. The van der Waals surface area contributed by atoms with E-state index >= 15 is 0 Å². The van der Waals surface area contributed by atoms with Gasteiger partial charge in [0.05, 0.1) is 18.1 Å². The lowest BCUT2D eigenvalue weighted by Crippen LogP contribution is -2.47. The summed E-state index contributed by atoms with van der Waals surface area (Å²) < 4.78 is 32.2. The fourth-order valence-electron chi connectivity index (χ4n) is 3.21. The number of piperidine rings is 1. The van der Waals surface area contributed by atoms with Gasteiger partial charge in [-0.3, -0.25) is 4.79 Å². The van der Waals surface area contributed by atoms with E-state index in [0.717, 1.165) is 0 Å². The van der Waals surface area contributed by atoms with Gasteiger partial charge >= 0.3 is 0 Å². The van der Waals surface area contributed by atoms with E-state index in [-0.39, 0.29) is 26.8 Å². The summed E-state index contributed by atoms with van der Waals surface area (Å²) in [5.41, 5.74) is 0. The molecule has 0 bridgehead atoms. The fraction of sp³-hybridized carbons (Fsp3) is 0.562. The van der Waals surface area contributed by atoms with Gasteiger partial charge in [-0.25, -0.2) is 8.42 Å². The van der Waals surface area contributed by atoms with Crippen molar-refractivity contribution in [1.29, 1.82) is 0 Å². The highest BCUT2D eigenvalue weighted by Crippen LogP contribution is 2.28. The zero-order valence-corrected chi connectivity index (χ0v) is 16.0. The van der Waals surface area contributed by atoms with Gasteiger partial charge in [-0.1, -0.05) is 23.2 Å². The molecule has 0 atom stereocenters. The van der Waals surface area contributed by atoms with E-state index in [2.05, 4.69) is 0 Å². The van der Waals surface area contributed by atoms with Gasteiger partial charge < -0.3 is 9.64 Å². The van der Waals surface area contributed by atoms with Gasteiger partial charge in [-0.05, 0) is 31.0 Å². The number of sulfonamides is 1. The topological polar surface area (TPSA) is 66.9 Å². The van der Waals surface area contributed by atoms with E-state index in [0.29, 0.717) is 52.2 Å². The molecule has 2 saturated heterocycles. The van der Waals surface area contributed by atoms with Crippen LogP contribution in [0, 0.1) is 5.92 Å². The van der Waals surface area contributed by atoms with Crippen LogP contribution in [0.5, 0.6) is 0 Å². The number of benzene rings is 1. The molecule has 1 aromatic rings. The third-order valence-electron chi connectivity index (χ3n) is 4.60.